The fourth-order valence-corrected chi connectivity index (χ4v) is 3.26. The molecule has 0 amide bonds. The van der Waals surface area contributed by atoms with Gasteiger partial charge >= 0.3 is 0 Å². The van der Waals surface area contributed by atoms with E-state index in [-0.39, 0.29) is 5.92 Å². The average molecular weight is 357 g/mol. The van der Waals surface area contributed by atoms with Crippen molar-refractivity contribution in [3.63, 3.8) is 0 Å². The fourth-order valence-electron chi connectivity index (χ4n) is 3.26. The van der Waals surface area contributed by atoms with Crippen LogP contribution in [0.2, 0.25) is 0 Å². The van der Waals surface area contributed by atoms with Crippen molar-refractivity contribution in [1.82, 2.24) is 34.9 Å². The lowest BCUT2D eigenvalue weighted by Gasteiger charge is -2.29. The van der Waals surface area contributed by atoms with Crippen LogP contribution in [0.15, 0.2) is 16.7 Å². The number of ether oxygens (including phenoxy) is 1. The second-order valence-electron chi connectivity index (χ2n) is 6.96. The molecule has 138 valence electrons. The molecule has 9 nitrogen and oxygen atoms in total. The Balaban J connectivity index is 1.42. The molecule has 1 aliphatic rings. The molecular weight excluding hydrogens is 334 g/mol. The number of piperidine rings is 1. The first-order chi connectivity index (χ1) is 12.6. The minimum atomic E-state index is 0.281. The number of fused-ring (bicyclic) bond motifs is 1. The third kappa shape index (κ3) is 3.26. The van der Waals surface area contributed by atoms with Gasteiger partial charge < -0.3 is 9.26 Å². The van der Waals surface area contributed by atoms with E-state index in [1.54, 1.807) is 17.7 Å². The van der Waals surface area contributed by atoms with Gasteiger partial charge in [-0.05, 0) is 32.0 Å². The van der Waals surface area contributed by atoms with Gasteiger partial charge in [0.15, 0.2) is 17.3 Å². The van der Waals surface area contributed by atoms with Crippen molar-refractivity contribution >= 4 is 5.65 Å². The lowest BCUT2D eigenvalue weighted by molar-refractivity contribution is 0.178. The Morgan fingerprint density at radius 1 is 1.23 bits per heavy atom. The summed E-state index contributed by atoms with van der Waals surface area (Å²) in [7, 11) is 1.61. The van der Waals surface area contributed by atoms with Gasteiger partial charge in [-0.25, -0.2) is 0 Å². The van der Waals surface area contributed by atoms with Gasteiger partial charge in [0.1, 0.15) is 0 Å². The van der Waals surface area contributed by atoms with Crippen molar-refractivity contribution in [2.75, 3.05) is 20.2 Å². The number of aromatic nitrogens is 6. The SMILES string of the molecule is COc1ccc2nnc(C3CCN(Cc4nc(C(C)C)no4)CC3)n2n1. The van der Waals surface area contributed by atoms with Gasteiger partial charge in [0, 0.05) is 17.9 Å². The zero-order valence-corrected chi connectivity index (χ0v) is 15.3. The molecule has 0 spiro atoms. The lowest BCUT2D eigenvalue weighted by Crippen LogP contribution is -2.33. The fraction of sp³-hybridized carbons (Fsp3) is 0.588. The van der Waals surface area contributed by atoms with Gasteiger partial charge in [-0.2, -0.15) is 9.50 Å². The number of hydrogen-bond acceptors (Lipinski definition) is 8. The van der Waals surface area contributed by atoms with Gasteiger partial charge in [-0.1, -0.05) is 19.0 Å². The van der Waals surface area contributed by atoms with Gasteiger partial charge in [0.25, 0.3) is 0 Å². The average Bonchev–Trinajstić information content (AvgIpc) is 3.29. The van der Waals surface area contributed by atoms with Crippen molar-refractivity contribution in [2.45, 2.75) is 45.1 Å². The summed E-state index contributed by atoms with van der Waals surface area (Å²) in [4.78, 5) is 6.80. The molecule has 1 fully saturated rings. The van der Waals surface area contributed by atoms with Crippen LogP contribution in [0, 0.1) is 0 Å². The largest absolute Gasteiger partial charge is 0.480 e. The molecule has 3 aromatic rings. The van der Waals surface area contributed by atoms with E-state index < -0.39 is 0 Å². The topological polar surface area (TPSA) is 94.5 Å². The van der Waals surface area contributed by atoms with Crippen LogP contribution in [-0.4, -0.2) is 55.1 Å². The number of methoxy groups -OCH3 is 1. The number of rotatable bonds is 5. The van der Waals surface area contributed by atoms with E-state index in [2.05, 4.69) is 44.2 Å². The van der Waals surface area contributed by atoms with Crippen molar-refractivity contribution in [1.29, 1.82) is 0 Å². The summed E-state index contributed by atoms with van der Waals surface area (Å²) in [5, 5.41) is 17.1. The smallest absolute Gasteiger partial charge is 0.240 e. The van der Waals surface area contributed by atoms with Crippen LogP contribution in [0.5, 0.6) is 5.88 Å². The molecule has 0 unspecified atom stereocenters. The van der Waals surface area contributed by atoms with Crippen LogP contribution < -0.4 is 4.74 Å². The Kier molecular flexibility index (Phi) is 4.54. The molecule has 0 saturated carbocycles. The third-order valence-corrected chi connectivity index (χ3v) is 4.78. The van der Waals surface area contributed by atoms with Gasteiger partial charge in [0.2, 0.25) is 11.8 Å². The highest BCUT2D eigenvalue weighted by Gasteiger charge is 2.26. The zero-order valence-electron chi connectivity index (χ0n) is 15.3. The molecule has 0 aliphatic carbocycles. The standard InChI is InChI=1S/C17H23N7O2/c1-11(2)16-18-15(26-22-16)10-23-8-6-12(7-9-23)17-20-19-13-4-5-14(25-3)21-24(13)17/h4-5,11-12H,6-10H2,1-3H3. The predicted octanol–water partition coefficient (Wildman–Crippen LogP) is 2.02. The monoisotopic (exact) mass is 357 g/mol. The van der Waals surface area contributed by atoms with Gasteiger partial charge in [0.05, 0.1) is 13.7 Å². The second kappa shape index (κ2) is 6.99. The maximum absolute atomic E-state index is 5.36. The first-order valence-corrected chi connectivity index (χ1v) is 8.95. The molecule has 4 rings (SSSR count). The maximum atomic E-state index is 5.36. The van der Waals surface area contributed by atoms with Crippen LogP contribution in [0.1, 0.15) is 56.1 Å². The van der Waals surface area contributed by atoms with E-state index in [0.29, 0.717) is 24.2 Å². The van der Waals surface area contributed by atoms with Crippen molar-refractivity contribution in [3.05, 3.63) is 29.7 Å². The van der Waals surface area contributed by atoms with E-state index in [4.69, 9.17) is 9.26 Å². The van der Waals surface area contributed by atoms with Crippen molar-refractivity contribution in [2.24, 2.45) is 0 Å². The maximum Gasteiger partial charge on any atom is 0.240 e. The van der Waals surface area contributed by atoms with E-state index in [1.807, 2.05) is 6.07 Å². The molecule has 9 heteroatoms. The summed E-state index contributed by atoms with van der Waals surface area (Å²) < 4.78 is 12.4. The molecule has 1 saturated heterocycles. The highest BCUT2D eigenvalue weighted by Crippen LogP contribution is 2.28. The molecule has 0 N–H and O–H groups in total. The summed E-state index contributed by atoms with van der Waals surface area (Å²) in [5.41, 5.74) is 0.746. The molecule has 3 aromatic heterocycles. The van der Waals surface area contributed by atoms with Crippen LogP contribution in [0.4, 0.5) is 0 Å². The Morgan fingerprint density at radius 2 is 2.04 bits per heavy atom. The quantitative estimate of drug-likeness (QED) is 0.684. The number of nitrogens with zero attached hydrogens (tertiary/aromatic N) is 7. The Morgan fingerprint density at radius 3 is 2.73 bits per heavy atom. The molecule has 4 heterocycles. The molecule has 26 heavy (non-hydrogen) atoms. The Labute approximate surface area is 151 Å². The first kappa shape index (κ1) is 16.9. The summed E-state index contributed by atoms with van der Waals surface area (Å²) in [6.45, 7) is 6.71. The molecule has 0 atom stereocenters. The molecule has 0 aromatic carbocycles. The number of likely N-dealkylation sites (tertiary alicyclic amines) is 1. The second-order valence-corrected chi connectivity index (χ2v) is 6.96. The first-order valence-electron chi connectivity index (χ1n) is 8.95. The van der Waals surface area contributed by atoms with E-state index >= 15 is 0 Å². The molecule has 0 radical (unpaired) electrons. The summed E-state index contributed by atoms with van der Waals surface area (Å²) in [5.74, 6) is 3.53. The van der Waals surface area contributed by atoms with Gasteiger partial charge in [-0.15, -0.1) is 15.3 Å². The Bertz CT molecular complexity index is 880. The van der Waals surface area contributed by atoms with Crippen LogP contribution in [0.25, 0.3) is 5.65 Å². The summed E-state index contributed by atoms with van der Waals surface area (Å²) in [6.07, 6.45) is 1.98. The van der Waals surface area contributed by atoms with Crippen LogP contribution in [-0.2, 0) is 6.54 Å². The van der Waals surface area contributed by atoms with Crippen molar-refractivity contribution in [3.8, 4) is 5.88 Å². The highest BCUT2D eigenvalue weighted by atomic mass is 16.5. The lowest BCUT2D eigenvalue weighted by atomic mass is 9.96. The predicted molar refractivity (Wildman–Crippen MR) is 93.0 cm³/mol. The Hall–Kier alpha value is -2.55. The third-order valence-electron chi connectivity index (χ3n) is 4.78. The zero-order chi connectivity index (χ0) is 18.1. The normalized spacial score (nSPS) is 16.6. The van der Waals surface area contributed by atoms with Gasteiger partial charge in [-0.3, -0.25) is 4.90 Å². The van der Waals surface area contributed by atoms with Crippen LogP contribution >= 0.6 is 0 Å². The molecule has 1 aliphatic heterocycles. The van der Waals surface area contributed by atoms with Crippen molar-refractivity contribution < 1.29 is 9.26 Å². The van der Waals surface area contributed by atoms with E-state index in [0.717, 1.165) is 43.2 Å². The molecular formula is C17H23N7O2. The van der Waals surface area contributed by atoms with E-state index in [1.165, 1.54) is 0 Å². The van der Waals surface area contributed by atoms with Crippen LogP contribution in [0.3, 0.4) is 0 Å². The number of hydrogen-bond donors (Lipinski definition) is 0. The summed E-state index contributed by atoms with van der Waals surface area (Å²) in [6, 6.07) is 3.67. The molecule has 0 bridgehead atoms. The highest BCUT2D eigenvalue weighted by molar-refractivity contribution is 5.38. The van der Waals surface area contributed by atoms with E-state index in [9.17, 15) is 0 Å². The minimum absolute atomic E-state index is 0.281. The minimum Gasteiger partial charge on any atom is -0.480 e. The summed E-state index contributed by atoms with van der Waals surface area (Å²) >= 11 is 0.